The predicted molar refractivity (Wildman–Crippen MR) is 80.7 cm³/mol. The Labute approximate surface area is 122 Å². The first-order valence-corrected chi connectivity index (χ1v) is 7.79. The van der Waals surface area contributed by atoms with E-state index in [1.165, 1.54) is 12.1 Å². The Balaban J connectivity index is 2.16. The molecule has 20 heavy (non-hydrogen) atoms. The molecule has 0 spiro atoms. The molecule has 2 rings (SSSR count). The lowest BCUT2D eigenvalue weighted by Gasteiger charge is -2.32. The summed E-state index contributed by atoms with van der Waals surface area (Å²) in [6.07, 6.45) is 1.15. The van der Waals surface area contributed by atoms with Gasteiger partial charge in [0.15, 0.2) is 5.84 Å². The first-order chi connectivity index (χ1) is 9.63. The summed E-state index contributed by atoms with van der Waals surface area (Å²) >= 11 is 2.00. The molecule has 1 unspecified atom stereocenters. The third-order valence-corrected chi connectivity index (χ3v) is 4.90. The van der Waals surface area contributed by atoms with Gasteiger partial charge in [0.1, 0.15) is 5.82 Å². The first kappa shape index (κ1) is 15.1. The van der Waals surface area contributed by atoms with Crippen LogP contribution in [-0.2, 0) is 6.54 Å². The lowest BCUT2D eigenvalue weighted by atomic mass is 10.1. The quantitative estimate of drug-likeness (QED) is 0.387. The van der Waals surface area contributed by atoms with Gasteiger partial charge in [0.2, 0.25) is 0 Å². The van der Waals surface area contributed by atoms with Gasteiger partial charge in [0.25, 0.3) is 0 Å². The van der Waals surface area contributed by atoms with Crippen molar-refractivity contribution in [1.29, 1.82) is 0 Å². The molecule has 110 valence electrons. The highest BCUT2D eigenvalue weighted by Crippen LogP contribution is 2.23. The third-order valence-electron chi connectivity index (χ3n) is 3.53. The van der Waals surface area contributed by atoms with Gasteiger partial charge < -0.3 is 10.9 Å². The Bertz CT molecular complexity index is 495. The second-order valence-corrected chi connectivity index (χ2v) is 6.33. The van der Waals surface area contributed by atoms with Crippen LogP contribution in [0.25, 0.3) is 0 Å². The highest BCUT2D eigenvalue weighted by molar-refractivity contribution is 8.00. The van der Waals surface area contributed by atoms with E-state index in [-0.39, 0.29) is 11.7 Å². The average Bonchev–Trinajstić information content (AvgIpc) is 2.48. The van der Waals surface area contributed by atoms with Crippen LogP contribution in [0.1, 0.15) is 24.5 Å². The molecule has 1 aliphatic rings. The number of thioether (sulfide) groups is 1. The van der Waals surface area contributed by atoms with Crippen LogP contribution >= 0.6 is 11.8 Å². The maximum absolute atomic E-state index is 13.3. The summed E-state index contributed by atoms with van der Waals surface area (Å²) in [5.41, 5.74) is 7.00. The van der Waals surface area contributed by atoms with Gasteiger partial charge in [-0.15, -0.1) is 0 Å². The Morgan fingerprint density at radius 1 is 1.60 bits per heavy atom. The predicted octanol–water partition coefficient (Wildman–Crippen LogP) is 2.25. The Hall–Kier alpha value is -1.27. The minimum Gasteiger partial charge on any atom is -0.409 e. The largest absolute Gasteiger partial charge is 0.409 e. The van der Waals surface area contributed by atoms with Crippen molar-refractivity contribution in [3.63, 3.8) is 0 Å². The molecular formula is C14H20FN3OS. The standard InChI is InChI=1S/C14H20FN3OS/c1-2-12-9-18(5-6-20-12)8-10-3-4-11(15)7-13(10)14(16)17-19/h3-4,7,12,19H,2,5-6,8-9H2,1H3,(H2,16,17). The number of amidine groups is 1. The van der Waals surface area contributed by atoms with Crippen LogP contribution in [0.15, 0.2) is 23.4 Å². The monoisotopic (exact) mass is 297 g/mol. The molecule has 1 aliphatic heterocycles. The molecule has 1 saturated heterocycles. The van der Waals surface area contributed by atoms with Crippen LogP contribution in [0.3, 0.4) is 0 Å². The molecule has 3 N–H and O–H groups in total. The van der Waals surface area contributed by atoms with E-state index in [4.69, 9.17) is 10.9 Å². The molecule has 1 atom stereocenters. The van der Waals surface area contributed by atoms with Crippen LogP contribution < -0.4 is 5.73 Å². The maximum Gasteiger partial charge on any atom is 0.170 e. The molecule has 4 nitrogen and oxygen atoms in total. The van der Waals surface area contributed by atoms with Crippen molar-refractivity contribution < 1.29 is 9.60 Å². The van der Waals surface area contributed by atoms with Gasteiger partial charge in [-0.05, 0) is 24.1 Å². The van der Waals surface area contributed by atoms with E-state index in [0.717, 1.165) is 30.8 Å². The fraction of sp³-hybridized carbons (Fsp3) is 0.500. The van der Waals surface area contributed by atoms with E-state index in [2.05, 4.69) is 17.0 Å². The van der Waals surface area contributed by atoms with Crippen LogP contribution in [0, 0.1) is 5.82 Å². The summed E-state index contributed by atoms with van der Waals surface area (Å²) in [6.45, 7) is 4.92. The minimum atomic E-state index is -0.379. The van der Waals surface area contributed by atoms with Crippen LogP contribution in [0.4, 0.5) is 4.39 Å². The van der Waals surface area contributed by atoms with E-state index in [0.29, 0.717) is 17.4 Å². The van der Waals surface area contributed by atoms with Crippen molar-refractivity contribution in [2.45, 2.75) is 25.1 Å². The second kappa shape index (κ2) is 6.95. The Morgan fingerprint density at radius 2 is 2.40 bits per heavy atom. The zero-order chi connectivity index (χ0) is 14.5. The fourth-order valence-corrected chi connectivity index (χ4v) is 3.64. The summed E-state index contributed by atoms with van der Waals surface area (Å²) in [5.74, 6) is 0.687. The zero-order valence-electron chi connectivity index (χ0n) is 11.6. The molecule has 0 radical (unpaired) electrons. The van der Waals surface area contributed by atoms with Crippen molar-refractivity contribution in [2.24, 2.45) is 10.9 Å². The SMILES string of the molecule is CCC1CN(Cc2ccc(F)cc2/C(N)=N/O)CCS1. The second-order valence-electron chi connectivity index (χ2n) is 4.92. The lowest BCUT2D eigenvalue weighted by molar-refractivity contribution is 0.273. The number of oxime groups is 1. The van der Waals surface area contributed by atoms with Gasteiger partial charge in [-0.1, -0.05) is 18.1 Å². The van der Waals surface area contributed by atoms with Crippen LogP contribution in [0.5, 0.6) is 0 Å². The van der Waals surface area contributed by atoms with Gasteiger partial charge in [-0.25, -0.2) is 4.39 Å². The van der Waals surface area contributed by atoms with Gasteiger partial charge in [-0.3, -0.25) is 4.90 Å². The molecule has 1 fully saturated rings. The number of hydrogen-bond acceptors (Lipinski definition) is 4. The molecule has 1 heterocycles. The van der Waals surface area contributed by atoms with Crippen LogP contribution in [0.2, 0.25) is 0 Å². The molecule has 0 bridgehead atoms. The Kier molecular flexibility index (Phi) is 5.25. The Morgan fingerprint density at radius 3 is 3.10 bits per heavy atom. The van der Waals surface area contributed by atoms with E-state index in [1.807, 2.05) is 11.8 Å². The first-order valence-electron chi connectivity index (χ1n) is 6.74. The van der Waals surface area contributed by atoms with E-state index in [9.17, 15) is 4.39 Å². The summed E-state index contributed by atoms with van der Waals surface area (Å²) < 4.78 is 13.3. The number of benzene rings is 1. The van der Waals surface area contributed by atoms with Gasteiger partial charge >= 0.3 is 0 Å². The zero-order valence-corrected chi connectivity index (χ0v) is 12.4. The normalized spacial score (nSPS) is 21.1. The topological polar surface area (TPSA) is 61.8 Å². The molecule has 1 aromatic rings. The molecule has 6 heteroatoms. The number of nitrogens with two attached hydrogens (primary N) is 1. The van der Waals surface area contributed by atoms with Crippen molar-refractivity contribution >= 4 is 17.6 Å². The molecule has 0 saturated carbocycles. The molecule has 0 aliphatic carbocycles. The van der Waals surface area contributed by atoms with Crippen LogP contribution in [-0.4, -0.2) is 40.0 Å². The molecule has 0 amide bonds. The van der Waals surface area contributed by atoms with Crippen molar-refractivity contribution in [2.75, 3.05) is 18.8 Å². The maximum atomic E-state index is 13.3. The highest BCUT2D eigenvalue weighted by Gasteiger charge is 2.20. The number of hydrogen-bond donors (Lipinski definition) is 2. The summed E-state index contributed by atoms with van der Waals surface area (Å²) in [6, 6.07) is 4.45. The summed E-state index contributed by atoms with van der Waals surface area (Å²) in [7, 11) is 0. The van der Waals surface area contributed by atoms with Gasteiger partial charge in [-0.2, -0.15) is 11.8 Å². The van der Waals surface area contributed by atoms with Crippen molar-refractivity contribution in [1.82, 2.24) is 4.90 Å². The average molecular weight is 297 g/mol. The van der Waals surface area contributed by atoms with Crippen molar-refractivity contribution in [3.05, 3.63) is 35.1 Å². The van der Waals surface area contributed by atoms with Crippen molar-refractivity contribution in [3.8, 4) is 0 Å². The van der Waals surface area contributed by atoms with E-state index >= 15 is 0 Å². The number of nitrogens with zero attached hydrogens (tertiary/aromatic N) is 2. The summed E-state index contributed by atoms with van der Waals surface area (Å²) in [5, 5.41) is 12.5. The van der Waals surface area contributed by atoms with Gasteiger partial charge in [0.05, 0.1) is 0 Å². The lowest BCUT2D eigenvalue weighted by Crippen LogP contribution is -2.37. The highest BCUT2D eigenvalue weighted by atomic mass is 32.2. The van der Waals surface area contributed by atoms with Gasteiger partial charge in [0, 0.05) is 36.2 Å². The number of halogens is 1. The minimum absolute atomic E-state index is 0.0436. The smallest absolute Gasteiger partial charge is 0.170 e. The molecule has 0 aromatic heterocycles. The molecular weight excluding hydrogens is 277 g/mol. The van der Waals surface area contributed by atoms with E-state index < -0.39 is 0 Å². The summed E-state index contributed by atoms with van der Waals surface area (Å²) in [4.78, 5) is 2.34. The molecule has 1 aromatic carbocycles. The third kappa shape index (κ3) is 3.64. The number of rotatable bonds is 4. The fourth-order valence-electron chi connectivity index (χ4n) is 2.39. The van der Waals surface area contributed by atoms with E-state index in [1.54, 1.807) is 6.07 Å².